The number of amides is 1. The molecule has 0 saturated carbocycles. The van der Waals surface area contributed by atoms with Crippen molar-refractivity contribution in [2.75, 3.05) is 19.6 Å². The summed E-state index contributed by atoms with van der Waals surface area (Å²) in [4.78, 5) is 28.2. The van der Waals surface area contributed by atoms with E-state index in [9.17, 15) is 4.79 Å². The fourth-order valence-electron chi connectivity index (χ4n) is 5.32. The molecule has 1 aliphatic heterocycles. The number of carbonyl (C=O) groups excluding carboxylic acids is 1. The van der Waals surface area contributed by atoms with Crippen LogP contribution in [0.1, 0.15) is 59.8 Å². The Morgan fingerprint density at radius 3 is 2.82 bits per heavy atom. The van der Waals surface area contributed by atoms with Crippen molar-refractivity contribution in [3.8, 4) is 0 Å². The van der Waals surface area contributed by atoms with Gasteiger partial charge in [0.1, 0.15) is 17.0 Å². The van der Waals surface area contributed by atoms with Gasteiger partial charge in [-0.1, -0.05) is 19.9 Å². The summed E-state index contributed by atoms with van der Waals surface area (Å²) in [5, 5.41) is 4.17. The number of aromatic nitrogens is 4. The van der Waals surface area contributed by atoms with Crippen LogP contribution in [0.5, 0.6) is 0 Å². The number of rotatable bonds is 7. The first-order chi connectivity index (χ1) is 16.5. The summed E-state index contributed by atoms with van der Waals surface area (Å²) in [7, 11) is 0. The molecule has 5 rings (SSSR count). The van der Waals surface area contributed by atoms with Crippen LogP contribution in [0.2, 0.25) is 0 Å². The molecule has 4 aromatic rings. The lowest BCUT2D eigenvalue weighted by molar-refractivity contribution is 0.0937. The summed E-state index contributed by atoms with van der Waals surface area (Å²) in [6.45, 7) is 12.0. The quantitative estimate of drug-likeness (QED) is 0.431. The Balaban J connectivity index is 1.37. The number of likely N-dealkylation sites (N-methyl/N-ethyl adjacent to an activating group) is 1. The van der Waals surface area contributed by atoms with Gasteiger partial charge >= 0.3 is 0 Å². The molecule has 0 spiro atoms. The maximum atomic E-state index is 12.8. The summed E-state index contributed by atoms with van der Waals surface area (Å²) >= 11 is 0. The van der Waals surface area contributed by atoms with Gasteiger partial charge in [-0.25, -0.2) is 9.97 Å². The molecule has 1 atom stereocenters. The molecule has 1 aliphatic rings. The average molecular weight is 459 g/mol. The molecule has 1 fully saturated rings. The summed E-state index contributed by atoms with van der Waals surface area (Å²) < 4.78 is 2.22. The van der Waals surface area contributed by atoms with E-state index >= 15 is 0 Å². The molecule has 7 nitrogen and oxygen atoms in total. The van der Waals surface area contributed by atoms with Crippen LogP contribution in [0, 0.1) is 13.8 Å². The van der Waals surface area contributed by atoms with Gasteiger partial charge in [-0.15, -0.1) is 0 Å². The van der Waals surface area contributed by atoms with Gasteiger partial charge in [0.05, 0.1) is 6.54 Å². The SMILES string of the molecule is CCc1nc2c(C)cc(C)nc2n1Cc1ccc2[nH]c(C(=O)NCC3CCCN3CC)cc2c1. The van der Waals surface area contributed by atoms with E-state index in [4.69, 9.17) is 9.97 Å². The highest BCUT2D eigenvalue weighted by atomic mass is 16.1. The predicted molar refractivity (Wildman–Crippen MR) is 136 cm³/mol. The first-order valence-corrected chi connectivity index (χ1v) is 12.4. The molecular weight excluding hydrogens is 424 g/mol. The fraction of sp³-hybridized carbons (Fsp3) is 0.444. The number of nitrogens with one attached hydrogen (secondary N) is 2. The van der Waals surface area contributed by atoms with Gasteiger partial charge in [0.25, 0.3) is 5.91 Å². The largest absolute Gasteiger partial charge is 0.351 e. The monoisotopic (exact) mass is 458 g/mol. The number of aromatic amines is 1. The summed E-state index contributed by atoms with van der Waals surface area (Å²) in [5.74, 6) is 1.00. The zero-order chi connectivity index (χ0) is 23.8. The molecule has 1 saturated heterocycles. The average Bonchev–Trinajstić information content (AvgIpc) is 3.54. The highest BCUT2D eigenvalue weighted by molar-refractivity contribution is 5.98. The highest BCUT2D eigenvalue weighted by Crippen LogP contribution is 2.23. The number of nitrogens with zero attached hydrogens (tertiary/aromatic N) is 4. The third-order valence-corrected chi connectivity index (χ3v) is 7.09. The molecule has 1 amide bonds. The minimum absolute atomic E-state index is 0.0373. The second-order valence-electron chi connectivity index (χ2n) is 9.46. The molecule has 34 heavy (non-hydrogen) atoms. The molecule has 178 valence electrons. The van der Waals surface area contributed by atoms with Crippen molar-refractivity contribution in [3.63, 3.8) is 0 Å². The van der Waals surface area contributed by atoms with Crippen LogP contribution in [0.15, 0.2) is 30.3 Å². The van der Waals surface area contributed by atoms with Crippen molar-refractivity contribution in [1.29, 1.82) is 0 Å². The Bertz CT molecular complexity index is 1350. The van der Waals surface area contributed by atoms with Crippen LogP contribution in [0.3, 0.4) is 0 Å². The Hall–Kier alpha value is -3.19. The standard InChI is InChI=1S/C27H34N6O/c1-5-24-31-25-17(3)12-18(4)29-26(25)33(24)16-19-9-10-22-20(13-19)14-23(30-22)27(34)28-15-21-8-7-11-32(21)6-2/h9-10,12-14,21,30H,5-8,11,15-16H2,1-4H3,(H,28,34). The van der Waals surface area contributed by atoms with Gasteiger partial charge in [-0.05, 0) is 75.2 Å². The number of likely N-dealkylation sites (tertiary alicyclic amines) is 1. The lowest BCUT2D eigenvalue weighted by Crippen LogP contribution is -2.40. The van der Waals surface area contributed by atoms with Crippen molar-refractivity contribution < 1.29 is 4.79 Å². The second kappa shape index (κ2) is 9.22. The summed E-state index contributed by atoms with van der Waals surface area (Å²) in [6.07, 6.45) is 3.22. The van der Waals surface area contributed by atoms with Crippen molar-refractivity contribution in [2.45, 2.75) is 59.5 Å². The van der Waals surface area contributed by atoms with Crippen LogP contribution in [-0.4, -0.2) is 56.0 Å². The Kier molecular flexibility index (Phi) is 6.13. The number of hydrogen-bond acceptors (Lipinski definition) is 4. The van der Waals surface area contributed by atoms with E-state index in [0.717, 1.165) is 70.6 Å². The first-order valence-electron chi connectivity index (χ1n) is 12.4. The van der Waals surface area contributed by atoms with Crippen molar-refractivity contribution >= 4 is 28.0 Å². The van der Waals surface area contributed by atoms with E-state index < -0.39 is 0 Å². The number of pyridine rings is 1. The molecule has 3 aromatic heterocycles. The topological polar surface area (TPSA) is 78.8 Å². The van der Waals surface area contributed by atoms with Crippen LogP contribution in [0.4, 0.5) is 0 Å². The number of benzene rings is 1. The van der Waals surface area contributed by atoms with Gasteiger partial charge in [0.2, 0.25) is 0 Å². The van der Waals surface area contributed by atoms with E-state index in [0.29, 0.717) is 24.8 Å². The fourth-order valence-corrected chi connectivity index (χ4v) is 5.32. The number of imidazole rings is 1. The molecule has 4 heterocycles. The summed E-state index contributed by atoms with van der Waals surface area (Å²) in [6, 6.07) is 10.8. The van der Waals surface area contributed by atoms with Gasteiger partial charge in [0, 0.05) is 35.6 Å². The molecule has 2 N–H and O–H groups in total. The van der Waals surface area contributed by atoms with E-state index in [1.807, 2.05) is 13.0 Å². The molecule has 1 aromatic carbocycles. The maximum absolute atomic E-state index is 12.8. The molecule has 0 aliphatic carbocycles. The van der Waals surface area contributed by atoms with E-state index in [2.05, 4.69) is 64.8 Å². The first kappa shape index (κ1) is 22.6. The number of hydrogen-bond donors (Lipinski definition) is 2. The van der Waals surface area contributed by atoms with Crippen molar-refractivity contribution in [2.24, 2.45) is 0 Å². The van der Waals surface area contributed by atoms with E-state index in [1.165, 1.54) is 6.42 Å². The van der Waals surface area contributed by atoms with Gasteiger partial charge in [-0.2, -0.15) is 0 Å². The second-order valence-corrected chi connectivity index (χ2v) is 9.46. The predicted octanol–water partition coefficient (Wildman–Crippen LogP) is 4.35. The third kappa shape index (κ3) is 4.20. The molecular formula is C27H34N6O. The zero-order valence-electron chi connectivity index (χ0n) is 20.6. The Morgan fingerprint density at radius 2 is 2.03 bits per heavy atom. The van der Waals surface area contributed by atoms with Gasteiger partial charge in [-0.3, -0.25) is 9.69 Å². The van der Waals surface area contributed by atoms with Crippen LogP contribution < -0.4 is 5.32 Å². The van der Waals surface area contributed by atoms with Gasteiger partial charge < -0.3 is 14.9 Å². The molecule has 1 unspecified atom stereocenters. The number of H-pyrrole nitrogens is 1. The van der Waals surface area contributed by atoms with Crippen LogP contribution >= 0.6 is 0 Å². The molecule has 7 heteroatoms. The lowest BCUT2D eigenvalue weighted by Gasteiger charge is -2.22. The molecule has 0 bridgehead atoms. The Morgan fingerprint density at radius 1 is 1.18 bits per heavy atom. The normalized spacial score (nSPS) is 16.6. The zero-order valence-corrected chi connectivity index (χ0v) is 20.6. The van der Waals surface area contributed by atoms with Crippen LogP contribution in [-0.2, 0) is 13.0 Å². The van der Waals surface area contributed by atoms with Gasteiger partial charge in [0.15, 0.2) is 5.65 Å². The summed E-state index contributed by atoms with van der Waals surface area (Å²) in [5.41, 5.74) is 6.84. The van der Waals surface area contributed by atoms with E-state index in [1.54, 1.807) is 0 Å². The smallest absolute Gasteiger partial charge is 0.267 e. The minimum atomic E-state index is -0.0373. The molecule has 0 radical (unpaired) electrons. The third-order valence-electron chi connectivity index (χ3n) is 7.09. The number of aryl methyl sites for hydroxylation is 3. The number of carbonyl (C=O) groups is 1. The lowest BCUT2D eigenvalue weighted by atomic mass is 10.1. The van der Waals surface area contributed by atoms with Crippen molar-refractivity contribution in [1.82, 2.24) is 29.7 Å². The van der Waals surface area contributed by atoms with Crippen molar-refractivity contribution in [3.05, 3.63) is 58.7 Å². The minimum Gasteiger partial charge on any atom is -0.351 e. The highest BCUT2D eigenvalue weighted by Gasteiger charge is 2.23. The maximum Gasteiger partial charge on any atom is 0.267 e. The Labute approximate surface area is 200 Å². The van der Waals surface area contributed by atoms with E-state index in [-0.39, 0.29) is 5.91 Å². The number of fused-ring (bicyclic) bond motifs is 2. The van der Waals surface area contributed by atoms with Crippen LogP contribution in [0.25, 0.3) is 22.1 Å².